The molecule has 1 N–H and O–H groups in total. The average molecular weight is 355 g/mol. The van der Waals surface area contributed by atoms with Crippen LogP contribution in [0.3, 0.4) is 0 Å². The summed E-state index contributed by atoms with van der Waals surface area (Å²) in [5.74, 6) is 1.55. The van der Waals surface area contributed by atoms with E-state index in [1.807, 2.05) is 59.2 Å². The first-order valence-electron chi connectivity index (χ1n) is 8.83. The van der Waals surface area contributed by atoms with E-state index in [1.165, 1.54) is 5.56 Å². The zero-order valence-electron chi connectivity index (χ0n) is 14.5. The molecular weight excluding hydrogens is 338 g/mol. The van der Waals surface area contributed by atoms with E-state index in [9.17, 15) is 0 Å². The summed E-state index contributed by atoms with van der Waals surface area (Å²) in [6, 6.07) is 17.9. The standard InChI is InChI=1S/C21H17N5O/c1-2-6-18-16(5-1)12-19(27-18)17-14-24-21-8-7-20(25-26(17)21)23-11-9-15-4-3-10-22-13-15/h1-8,10,12-14H,9,11H2,(H,23,25). The van der Waals surface area contributed by atoms with Crippen molar-refractivity contribution < 1.29 is 4.42 Å². The van der Waals surface area contributed by atoms with E-state index in [0.29, 0.717) is 0 Å². The topological polar surface area (TPSA) is 68.2 Å². The van der Waals surface area contributed by atoms with Crippen LogP contribution in [-0.2, 0) is 6.42 Å². The Balaban J connectivity index is 1.42. The Bertz CT molecular complexity index is 1180. The zero-order chi connectivity index (χ0) is 18.1. The Morgan fingerprint density at radius 1 is 1.00 bits per heavy atom. The molecule has 5 rings (SSSR count). The molecule has 0 aliphatic heterocycles. The van der Waals surface area contributed by atoms with Gasteiger partial charge < -0.3 is 9.73 Å². The SMILES string of the molecule is c1cncc(CCNc2ccc3ncc(-c4cc5ccccc5o4)n3n2)c1. The molecule has 1 aromatic carbocycles. The van der Waals surface area contributed by atoms with Crippen LogP contribution in [0.1, 0.15) is 5.56 Å². The van der Waals surface area contributed by atoms with Crippen LogP contribution in [0.2, 0.25) is 0 Å². The van der Waals surface area contributed by atoms with Crippen molar-refractivity contribution in [2.45, 2.75) is 6.42 Å². The fourth-order valence-corrected chi connectivity index (χ4v) is 3.12. The van der Waals surface area contributed by atoms with Crippen LogP contribution in [0, 0.1) is 0 Å². The number of para-hydroxylation sites is 1. The maximum Gasteiger partial charge on any atom is 0.155 e. The lowest BCUT2D eigenvalue weighted by Gasteiger charge is -2.06. The zero-order valence-corrected chi connectivity index (χ0v) is 14.5. The molecule has 0 spiro atoms. The second-order valence-electron chi connectivity index (χ2n) is 6.32. The van der Waals surface area contributed by atoms with Gasteiger partial charge >= 0.3 is 0 Å². The van der Waals surface area contributed by atoms with Crippen LogP contribution in [0.4, 0.5) is 5.82 Å². The van der Waals surface area contributed by atoms with Gasteiger partial charge in [0.15, 0.2) is 11.4 Å². The van der Waals surface area contributed by atoms with Crippen LogP contribution in [0.25, 0.3) is 28.1 Å². The molecule has 27 heavy (non-hydrogen) atoms. The summed E-state index contributed by atoms with van der Waals surface area (Å²) in [5.41, 5.74) is 3.66. The largest absolute Gasteiger partial charge is 0.454 e. The van der Waals surface area contributed by atoms with Crippen molar-refractivity contribution in [2.24, 2.45) is 0 Å². The highest BCUT2D eigenvalue weighted by Crippen LogP contribution is 2.28. The van der Waals surface area contributed by atoms with Gasteiger partial charge in [0.2, 0.25) is 0 Å². The molecular formula is C21H17N5O. The molecule has 0 fully saturated rings. The quantitative estimate of drug-likeness (QED) is 0.512. The van der Waals surface area contributed by atoms with Crippen LogP contribution in [0.5, 0.6) is 0 Å². The number of rotatable bonds is 5. The van der Waals surface area contributed by atoms with E-state index >= 15 is 0 Å². The second-order valence-corrected chi connectivity index (χ2v) is 6.32. The molecule has 6 heteroatoms. The number of benzene rings is 1. The predicted molar refractivity (Wildman–Crippen MR) is 105 cm³/mol. The van der Waals surface area contributed by atoms with Crippen LogP contribution in [-0.4, -0.2) is 26.1 Å². The van der Waals surface area contributed by atoms with E-state index in [4.69, 9.17) is 4.42 Å². The number of aromatic nitrogens is 4. The van der Waals surface area contributed by atoms with Gasteiger partial charge in [-0.3, -0.25) is 4.98 Å². The molecule has 132 valence electrons. The summed E-state index contributed by atoms with van der Waals surface area (Å²) in [4.78, 5) is 8.58. The molecule has 0 saturated heterocycles. The smallest absolute Gasteiger partial charge is 0.155 e. The fourth-order valence-electron chi connectivity index (χ4n) is 3.12. The van der Waals surface area contributed by atoms with Gasteiger partial charge in [0.25, 0.3) is 0 Å². The number of pyridine rings is 1. The summed E-state index contributed by atoms with van der Waals surface area (Å²) in [5, 5.41) is 9.11. The van der Waals surface area contributed by atoms with Crippen molar-refractivity contribution in [1.82, 2.24) is 19.6 Å². The van der Waals surface area contributed by atoms with E-state index in [-0.39, 0.29) is 0 Å². The molecule has 6 nitrogen and oxygen atoms in total. The predicted octanol–water partition coefficient (Wildman–Crippen LogP) is 4.19. The van der Waals surface area contributed by atoms with E-state index in [1.54, 1.807) is 12.4 Å². The Hall–Kier alpha value is -3.67. The number of furan rings is 1. The Kier molecular flexibility index (Phi) is 3.79. The molecule has 0 bridgehead atoms. The third-order valence-corrected chi connectivity index (χ3v) is 4.48. The molecule has 0 saturated carbocycles. The normalized spacial score (nSPS) is 11.3. The van der Waals surface area contributed by atoms with Crippen LogP contribution < -0.4 is 5.32 Å². The molecule has 4 heterocycles. The average Bonchev–Trinajstić information content (AvgIpc) is 3.32. The van der Waals surface area contributed by atoms with E-state index < -0.39 is 0 Å². The van der Waals surface area contributed by atoms with Gasteiger partial charge in [-0.05, 0) is 42.3 Å². The van der Waals surface area contributed by atoms with Gasteiger partial charge in [-0.1, -0.05) is 24.3 Å². The highest BCUT2D eigenvalue weighted by molar-refractivity contribution is 5.82. The molecule has 0 radical (unpaired) electrons. The van der Waals surface area contributed by atoms with Gasteiger partial charge in [0, 0.05) is 24.3 Å². The first-order valence-corrected chi connectivity index (χ1v) is 8.83. The summed E-state index contributed by atoms with van der Waals surface area (Å²) in [6.45, 7) is 0.777. The number of fused-ring (bicyclic) bond motifs is 2. The Labute approximate surface area is 155 Å². The van der Waals surface area contributed by atoms with Crippen LogP contribution >= 0.6 is 0 Å². The number of imidazole rings is 1. The van der Waals surface area contributed by atoms with Gasteiger partial charge in [0.05, 0.1) is 6.20 Å². The summed E-state index contributed by atoms with van der Waals surface area (Å²) >= 11 is 0. The number of nitrogens with one attached hydrogen (secondary N) is 1. The summed E-state index contributed by atoms with van der Waals surface area (Å²) in [7, 11) is 0. The van der Waals surface area contributed by atoms with E-state index in [2.05, 4.69) is 26.4 Å². The minimum atomic E-state index is 0.753. The number of anilines is 1. The lowest BCUT2D eigenvalue weighted by Crippen LogP contribution is -2.08. The lowest BCUT2D eigenvalue weighted by atomic mass is 10.2. The Morgan fingerprint density at radius 2 is 1.96 bits per heavy atom. The highest BCUT2D eigenvalue weighted by atomic mass is 16.3. The molecule has 4 aromatic heterocycles. The van der Waals surface area contributed by atoms with Crippen molar-refractivity contribution in [3.8, 4) is 11.5 Å². The molecule has 5 aromatic rings. The van der Waals surface area contributed by atoms with Gasteiger partial charge in [-0.2, -0.15) is 0 Å². The van der Waals surface area contributed by atoms with E-state index in [0.717, 1.165) is 46.9 Å². The van der Waals surface area contributed by atoms with Crippen molar-refractivity contribution in [1.29, 1.82) is 0 Å². The van der Waals surface area contributed by atoms with Crippen molar-refractivity contribution >= 4 is 22.4 Å². The minimum Gasteiger partial charge on any atom is -0.454 e. The molecule has 0 unspecified atom stereocenters. The maximum atomic E-state index is 5.97. The number of hydrogen-bond acceptors (Lipinski definition) is 5. The van der Waals surface area contributed by atoms with Gasteiger partial charge in [-0.15, -0.1) is 5.10 Å². The first-order chi connectivity index (χ1) is 13.4. The third kappa shape index (κ3) is 3.01. The molecule has 0 amide bonds. The maximum absolute atomic E-state index is 5.97. The first kappa shape index (κ1) is 15.6. The van der Waals surface area contributed by atoms with Crippen molar-refractivity contribution in [3.05, 3.63) is 78.8 Å². The Morgan fingerprint density at radius 3 is 2.85 bits per heavy atom. The second kappa shape index (κ2) is 6.57. The third-order valence-electron chi connectivity index (χ3n) is 4.48. The molecule has 0 aliphatic carbocycles. The summed E-state index contributed by atoms with van der Waals surface area (Å²) in [6.07, 6.45) is 6.34. The number of nitrogens with zero attached hydrogens (tertiary/aromatic N) is 4. The van der Waals surface area contributed by atoms with Crippen molar-refractivity contribution in [3.63, 3.8) is 0 Å². The highest BCUT2D eigenvalue weighted by Gasteiger charge is 2.12. The molecule has 0 aliphatic rings. The van der Waals surface area contributed by atoms with Crippen molar-refractivity contribution in [2.75, 3.05) is 11.9 Å². The lowest BCUT2D eigenvalue weighted by molar-refractivity contribution is 0.625. The number of hydrogen-bond donors (Lipinski definition) is 1. The monoisotopic (exact) mass is 355 g/mol. The van der Waals surface area contributed by atoms with Gasteiger partial charge in [0.1, 0.15) is 17.1 Å². The summed E-state index contributed by atoms with van der Waals surface area (Å²) < 4.78 is 7.78. The fraction of sp³-hybridized carbons (Fsp3) is 0.0952. The minimum absolute atomic E-state index is 0.753. The molecule has 0 atom stereocenters. The van der Waals surface area contributed by atoms with Crippen LogP contribution in [0.15, 0.2) is 77.6 Å². The van der Waals surface area contributed by atoms with Gasteiger partial charge in [-0.25, -0.2) is 9.50 Å².